The molecule has 1 aliphatic heterocycles. The number of carboxylic acids is 1. The van der Waals surface area contributed by atoms with E-state index in [0.717, 1.165) is 5.56 Å². The van der Waals surface area contributed by atoms with Gasteiger partial charge in [0.05, 0.1) is 39.7 Å². The van der Waals surface area contributed by atoms with E-state index in [9.17, 15) is 29.1 Å². The Morgan fingerprint density at radius 2 is 1.51 bits per heavy atom. The van der Waals surface area contributed by atoms with Gasteiger partial charge >= 0.3 is 11.9 Å². The lowest BCUT2D eigenvalue weighted by atomic mass is 9.84. The zero-order valence-electron chi connectivity index (χ0n) is 27.2. The maximum atomic E-state index is 14.1. The number of benzene rings is 3. The minimum atomic E-state index is -1.70. The normalized spacial score (nSPS) is 17.2. The average molecular weight is 711 g/mol. The van der Waals surface area contributed by atoms with E-state index in [2.05, 4.69) is 15.8 Å². The van der Waals surface area contributed by atoms with Crippen LogP contribution in [0.3, 0.4) is 0 Å². The number of Topliss-reactive ketones (excluding diaryl/α,β-unsaturated/α-hetero) is 1. The molecule has 0 bridgehead atoms. The zero-order chi connectivity index (χ0) is 35.7. The maximum Gasteiger partial charge on any atom is 0.341 e. The van der Waals surface area contributed by atoms with Gasteiger partial charge in [-0.1, -0.05) is 109 Å². The summed E-state index contributed by atoms with van der Waals surface area (Å²) in [6.07, 6.45) is -0.851. The third-order valence-corrected chi connectivity index (χ3v) is 8.78. The Labute approximate surface area is 293 Å². The number of ketones is 1. The molecular formula is C36H37Cl2N3O8. The number of carbonyl (C=O) groups is 5. The highest BCUT2D eigenvalue weighted by molar-refractivity contribution is 6.39. The second-order valence-electron chi connectivity index (χ2n) is 12.1. The predicted molar refractivity (Wildman–Crippen MR) is 184 cm³/mol. The number of nitrogens with zero attached hydrogens (tertiary/aromatic N) is 1. The lowest BCUT2D eigenvalue weighted by Gasteiger charge is -2.29. The van der Waals surface area contributed by atoms with Gasteiger partial charge in [0.25, 0.3) is 5.91 Å². The van der Waals surface area contributed by atoms with Gasteiger partial charge in [-0.3, -0.25) is 19.2 Å². The molecule has 0 spiro atoms. The monoisotopic (exact) mass is 709 g/mol. The molecule has 3 aromatic rings. The lowest BCUT2D eigenvalue weighted by Crippen LogP contribution is -2.55. The summed E-state index contributed by atoms with van der Waals surface area (Å²) in [6, 6.07) is 20.4. The number of aliphatic carboxylic acids is 1. The van der Waals surface area contributed by atoms with Gasteiger partial charge in [-0.2, -0.15) is 0 Å². The topological polar surface area (TPSA) is 160 Å². The number of halogens is 2. The van der Waals surface area contributed by atoms with Crippen LogP contribution in [0.15, 0.2) is 84.0 Å². The second kappa shape index (κ2) is 16.6. The van der Waals surface area contributed by atoms with Gasteiger partial charge in [0, 0.05) is 12.8 Å². The summed E-state index contributed by atoms with van der Waals surface area (Å²) < 4.78 is 5.11. The van der Waals surface area contributed by atoms with E-state index < -0.39 is 60.3 Å². The Kier molecular flexibility index (Phi) is 12.5. The first-order valence-corrected chi connectivity index (χ1v) is 16.4. The number of ether oxygens (including phenoxy) is 1. The molecule has 0 fully saturated rings. The Morgan fingerprint density at radius 3 is 2.10 bits per heavy atom. The molecule has 49 heavy (non-hydrogen) atoms. The van der Waals surface area contributed by atoms with Crippen LogP contribution in [0.4, 0.5) is 0 Å². The van der Waals surface area contributed by atoms with Gasteiger partial charge < -0.3 is 25.3 Å². The molecule has 1 heterocycles. The quantitative estimate of drug-likeness (QED) is 0.177. The molecule has 0 saturated carbocycles. The molecule has 2 unspecified atom stereocenters. The van der Waals surface area contributed by atoms with Crippen molar-refractivity contribution in [3.63, 3.8) is 0 Å². The fraction of sp³-hybridized carbons (Fsp3) is 0.333. The molecule has 0 radical (unpaired) electrons. The number of carboxylic acid groups (broad SMARTS) is 1. The summed E-state index contributed by atoms with van der Waals surface area (Å²) >= 11 is 12.1. The standard InChI is InChI=1S/C36H37Cl2N3O8/c1-21(2)32(40-33(45)22(3)24-13-8-5-9-14-24)28-19-36(49-41-28,18-23-11-6-4-7-12-23)35(47)39-27(17-30(43)44)29(42)20-48-34(46)31-25(37)15-10-16-26(31)38/h4-16,21-22,27,32H,17-20H2,1-3H3,(H,39,47)(H,40,45)(H,43,44)/t22?,27-,32-,36?/m0/s1. The third kappa shape index (κ3) is 9.45. The summed E-state index contributed by atoms with van der Waals surface area (Å²) in [5.41, 5.74) is 0.0937. The van der Waals surface area contributed by atoms with Crippen LogP contribution in [-0.2, 0) is 35.2 Å². The Balaban J connectivity index is 1.54. The van der Waals surface area contributed by atoms with Crippen molar-refractivity contribution in [3.05, 3.63) is 106 Å². The highest BCUT2D eigenvalue weighted by Gasteiger charge is 2.49. The second-order valence-corrected chi connectivity index (χ2v) is 12.9. The van der Waals surface area contributed by atoms with Crippen molar-refractivity contribution < 1.29 is 38.7 Å². The Morgan fingerprint density at radius 1 is 0.898 bits per heavy atom. The summed E-state index contributed by atoms with van der Waals surface area (Å²) in [5, 5.41) is 19.4. The molecule has 3 N–H and O–H groups in total. The van der Waals surface area contributed by atoms with Gasteiger partial charge in [-0.25, -0.2) is 4.79 Å². The maximum absolute atomic E-state index is 14.1. The van der Waals surface area contributed by atoms with Gasteiger partial charge in [-0.05, 0) is 36.1 Å². The van der Waals surface area contributed by atoms with Crippen LogP contribution >= 0.6 is 23.2 Å². The fourth-order valence-electron chi connectivity index (χ4n) is 5.41. The van der Waals surface area contributed by atoms with Crippen molar-refractivity contribution in [2.45, 2.75) is 63.6 Å². The molecule has 13 heteroatoms. The van der Waals surface area contributed by atoms with Gasteiger partial charge in [0.1, 0.15) is 6.04 Å². The molecular weight excluding hydrogens is 673 g/mol. The van der Waals surface area contributed by atoms with Crippen molar-refractivity contribution in [1.29, 1.82) is 0 Å². The largest absolute Gasteiger partial charge is 0.481 e. The first-order valence-electron chi connectivity index (χ1n) is 15.6. The molecule has 258 valence electrons. The van der Waals surface area contributed by atoms with Gasteiger partial charge in [0.2, 0.25) is 11.5 Å². The number of esters is 1. The van der Waals surface area contributed by atoms with E-state index in [-0.39, 0.29) is 40.3 Å². The van der Waals surface area contributed by atoms with Crippen molar-refractivity contribution in [2.75, 3.05) is 6.61 Å². The molecule has 4 atom stereocenters. The minimum absolute atomic E-state index is 0.00259. The van der Waals surface area contributed by atoms with Gasteiger partial charge in [0.15, 0.2) is 12.4 Å². The van der Waals surface area contributed by atoms with Gasteiger partial charge in [-0.15, -0.1) is 0 Å². The highest BCUT2D eigenvalue weighted by Crippen LogP contribution is 2.32. The number of nitrogens with one attached hydrogen (secondary N) is 2. The first-order chi connectivity index (χ1) is 23.3. The molecule has 3 aromatic carbocycles. The molecule has 2 amide bonds. The van der Waals surface area contributed by atoms with Crippen LogP contribution in [0.1, 0.15) is 61.0 Å². The molecule has 0 saturated heterocycles. The van der Waals surface area contributed by atoms with Crippen molar-refractivity contribution >= 4 is 58.4 Å². The SMILES string of the molecule is CC(C(=O)N[C@H](C1=NOC(Cc2ccccc2)(C(=O)N[C@@H](CC(=O)O)C(=O)COC(=O)c2c(Cl)cccc2Cl)C1)C(C)C)c1ccccc1. The lowest BCUT2D eigenvalue weighted by molar-refractivity contribution is -0.148. The van der Waals surface area contributed by atoms with Crippen LogP contribution in [0.25, 0.3) is 0 Å². The van der Waals surface area contributed by atoms with Crippen LogP contribution in [0, 0.1) is 5.92 Å². The summed E-state index contributed by atoms with van der Waals surface area (Å²) in [5.74, 6) is -4.91. The number of oxime groups is 1. The van der Waals surface area contributed by atoms with Crippen LogP contribution in [0.2, 0.25) is 10.0 Å². The summed E-state index contributed by atoms with van der Waals surface area (Å²) in [7, 11) is 0. The van der Waals surface area contributed by atoms with Crippen LogP contribution in [-0.4, -0.2) is 64.6 Å². The van der Waals surface area contributed by atoms with Crippen molar-refractivity contribution in [3.8, 4) is 0 Å². The average Bonchev–Trinajstić information content (AvgIpc) is 3.50. The molecule has 0 aromatic heterocycles. The zero-order valence-corrected chi connectivity index (χ0v) is 28.7. The predicted octanol–water partition coefficient (Wildman–Crippen LogP) is 5.38. The van der Waals surface area contributed by atoms with Crippen LogP contribution in [0.5, 0.6) is 0 Å². The van der Waals surface area contributed by atoms with Crippen molar-refractivity contribution in [2.24, 2.45) is 11.1 Å². The highest BCUT2D eigenvalue weighted by atomic mass is 35.5. The minimum Gasteiger partial charge on any atom is -0.481 e. The third-order valence-electron chi connectivity index (χ3n) is 8.15. The van der Waals surface area contributed by atoms with E-state index in [0.29, 0.717) is 11.3 Å². The number of carbonyl (C=O) groups excluding carboxylic acids is 4. The summed E-state index contributed by atoms with van der Waals surface area (Å²) in [6.45, 7) is 4.73. The molecule has 4 rings (SSSR count). The van der Waals surface area contributed by atoms with E-state index in [1.54, 1.807) is 31.2 Å². The van der Waals surface area contributed by atoms with Crippen LogP contribution < -0.4 is 10.6 Å². The smallest absolute Gasteiger partial charge is 0.341 e. The van der Waals surface area contributed by atoms with E-state index >= 15 is 0 Å². The van der Waals surface area contributed by atoms with E-state index in [4.69, 9.17) is 32.8 Å². The van der Waals surface area contributed by atoms with E-state index in [1.165, 1.54) is 18.2 Å². The molecule has 0 aliphatic carbocycles. The molecule has 11 nitrogen and oxygen atoms in total. The number of amides is 2. The van der Waals surface area contributed by atoms with E-state index in [1.807, 2.05) is 50.2 Å². The fourth-order valence-corrected chi connectivity index (χ4v) is 5.96. The number of rotatable bonds is 15. The Bertz CT molecular complexity index is 1700. The molecule has 1 aliphatic rings. The summed E-state index contributed by atoms with van der Waals surface area (Å²) in [4.78, 5) is 71.0. The number of hydrogen-bond acceptors (Lipinski definition) is 8. The first kappa shape index (κ1) is 37.1. The Hall–Kier alpha value is -4.74. The van der Waals surface area contributed by atoms with Crippen molar-refractivity contribution in [1.82, 2.24) is 10.6 Å². The number of hydrogen-bond donors (Lipinski definition) is 3.